The molecule has 0 saturated heterocycles. The van der Waals surface area contributed by atoms with Crippen molar-refractivity contribution in [2.24, 2.45) is 5.41 Å². The number of nitrogens with zero attached hydrogens (tertiary/aromatic N) is 1. The monoisotopic (exact) mass is 217 g/mol. The Morgan fingerprint density at radius 3 is 2.21 bits per heavy atom. The second-order valence-corrected chi connectivity index (χ2v) is 5.72. The fraction of sp³-hybridized carbons (Fsp3) is 1.00. The van der Waals surface area contributed by atoms with Crippen molar-refractivity contribution in [1.82, 2.24) is 4.31 Å². The summed E-state index contributed by atoms with van der Waals surface area (Å²) in [4.78, 5) is 0. The van der Waals surface area contributed by atoms with Crippen LogP contribution in [0.4, 0.5) is 0 Å². The van der Waals surface area contributed by atoms with Gasteiger partial charge in [0.25, 0.3) is 0 Å². The molecule has 0 rings (SSSR count). The Bertz CT molecular complexity index is 141. The highest BCUT2D eigenvalue weighted by molar-refractivity contribution is 7.96. The maximum atomic E-state index is 2.47. The van der Waals surface area contributed by atoms with Gasteiger partial charge in [-0.1, -0.05) is 46.1 Å². The molecule has 0 N–H and O–H groups in total. The van der Waals surface area contributed by atoms with Crippen molar-refractivity contribution >= 4 is 11.9 Å². The Labute approximate surface area is 94.8 Å². The average molecular weight is 217 g/mol. The lowest BCUT2D eigenvalue weighted by atomic mass is 9.82. The first-order chi connectivity index (χ1) is 6.46. The smallest absolute Gasteiger partial charge is 0.0179 e. The Balaban J connectivity index is 4.07. The van der Waals surface area contributed by atoms with Crippen molar-refractivity contribution in [1.29, 1.82) is 0 Å². The first kappa shape index (κ1) is 14.3. The van der Waals surface area contributed by atoms with E-state index in [1.807, 2.05) is 11.9 Å². The fourth-order valence-corrected chi connectivity index (χ4v) is 2.99. The molecule has 0 aliphatic carbocycles. The van der Waals surface area contributed by atoms with Crippen LogP contribution in [0.3, 0.4) is 0 Å². The third-order valence-corrected chi connectivity index (χ3v) is 3.90. The molecule has 0 aliphatic heterocycles. The van der Waals surface area contributed by atoms with Gasteiger partial charge in [-0.3, -0.25) is 0 Å². The molecule has 0 heterocycles. The average Bonchev–Trinajstić information content (AvgIpc) is 2.04. The van der Waals surface area contributed by atoms with Crippen LogP contribution < -0.4 is 0 Å². The van der Waals surface area contributed by atoms with Gasteiger partial charge < -0.3 is 0 Å². The molecule has 1 unspecified atom stereocenters. The maximum absolute atomic E-state index is 2.47. The van der Waals surface area contributed by atoms with Crippen molar-refractivity contribution in [3.8, 4) is 0 Å². The predicted molar refractivity (Wildman–Crippen MR) is 68.7 cm³/mol. The summed E-state index contributed by atoms with van der Waals surface area (Å²) in [7, 11) is 0. The number of hydrogen-bond donors (Lipinski definition) is 0. The van der Waals surface area contributed by atoms with Gasteiger partial charge in [0.1, 0.15) is 0 Å². The van der Waals surface area contributed by atoms with Gasteiger partial charge in [-0.25, -0.2) is 4.31 Å². The number of rotatable bonds is 7. The highest BCUT2D eigenvalue weighted by Gasteiger charge is 2.22. The van der Waals surface area contributed by atoms with Crippen molar-refractivity contribution in [3.63, 3.8) is 0 Å². The van der Waals surface area contributed by atoms with Crippen molar-refractivity contribution < 1.29 is 0 Å². The zero-order chi connectivity index (χ0) is 11.2. The van der Waals surface area contributed by atoms with E-state index in [4.69, 9.17) is 0 Å². The predicted octanol–water partition coefficient (Wildman–Crippen LogP) is 4.19. The Hall–Kier alpha value is 0.310. The van der Waals surface area contributed by atoms with Gasteiger partial charge >= 0.3 is 0 Å². The molecule has 1 nitrogen and oxygen atoms in total. The van der Waals surface area contributed by atoms with Crippen LogP contribution in [0, 0.1) is 5.41 Å². The summed E-state index contributed by atoms with van der Waals surface area (Å²) >= 11 is 1.87. The molecule has 14 heavy (non-hydrogen) atoms. The van der Waals surface area contributed by atoms with E-state index in [1.54, 1.807) is 0 Å². The Morgan fingerprint density at radius 2 is 1.86 bits per heavy atom. The van der Waals surface area contributed by atoms with Crippen LogP contribution in [0.25, 0.3) is 0 Å². The molecular formula is C12H27NS. The first-order valence-electron chi connectivity index (χ1n) is 5.77. The van der Waals surface area contributed by atoms with Gasteiger partial charge in [-0.2, -0.15) is 0 Å². The van der Waals surface area contributed by atoms with E-state index in [0.29, 0.717) is 11.5 Å². The highest BCUT2D eigenvalue weighted by Crippen LogP contribution is 2.30. The van der Waals surface area contributed by atoms with Crippen molar-refractivity contribution in [2.75, 3.05) is 12.8 Å². The van der Waals surface area contributed by atoms with E-state index in [0.717, 1.165) is 6.54 Å². The van der Waals surface area contributed by atoms with Crippen LogP contribution in [0.5, 0.6) is 0 Å². The SMILES string of the molecule is CCCC(C)(C)CC(C)N(CC)SC. The summed E-state index contributed by atoms with van der Waals surface area (Å²) in [5.74, 6) is 0. The highest BCUT2D eigenvalue weighted by atomic mass is 32.2. The minimum Gasteiger partial charge on any atom is -0.248 e. The third-order valence-electron chi connectivity index (χ3n) is 2.81. The molecule has 0 aromatic carbocycles. The summed E-state index contributed by atoms with van der Waals surface area (Å²) in [6.45, 7) is 12.8. The molecule has 0 aromatic rings. The molecule has 0 aliphatic rings. The van der Waals surface area contributed by atoms with Crippen LogP contribution in [0.2, 0.25) is 0 Å². The Kier molecular flexibility index (Phi) is 6.88. The first-order valence-corrected chi connectivity index (χ1v) is 6.95. The van der Waals surface area contributed by atoms with E-state index in [2.05, 4.69) is 45.2 Å². The molecule has 0 saturated carbocycles. The van der Waals surface area contributed by atoms with E-state index >= 15 is 0 Å². The topological polar surface area (TPSA) is 3.24 Å². The normalized spacial score (nSPS) is 14.8. The van der Waals surface area contributed by atoms with Gasteiger partial charge in [0.05, 0.1) is 0 Å². The Morgan fingerprint density at radius 1 is 1.29 bits per heavy atom. The molecule has 0 aromatic heterocycles. The second-order valence-electron chi connectivity index (χ2n) is 4.88. The molecule has 2 heteroatoms. The quantitative estimate of drug-likeness (QED) is 0.588. The van der Waals surface area contributed by atoms with Gasteiger partial charge in [-0.05, 0) is 31.4 Å². The van der Waals surface area contributed by atoms with Crippen LogP contribution >= 0.6 is 11.9 Å². The molecule has 0 bridgehead atoms. The molecule has 1 atom stereocenters. The van der Waals surface area contributed by atoms with E-state index in [1.165, 1.54) is 19.3 Å². The van der Waals surface area contributed by atoms with Gasteiger partial charge in [-0.15, -0.1) is 0 Å². The zero-order valence-electron chi connectivity index (χ0n) is 10.8. The lowest BCUT2D eigenvalue weighted by Crippen LogP contribution is -2.31. The minimum atomic E-state index is 0.497. The maximum Gasteiger partial charge on any atom is 0.0179 e. The van der Waals surface area contributed by atoms with Gasteiger partial charge in [0.2, 0.25) is 0 Å². The third kappa shape index (κ3) is 5.26. The van der Waals surface area contributed by atoms with Gasteiger partial charge in [0.15, 0.2) is 0 Å². The summed E-state index contributed by atoms with van der Waals surface area (Å²) in [5, 5.41) is 0. The number of hydrogen-bond acceptors (Lipinski definition) is 2. The van der Waals surface area contributed by atoms with Gasteiger partial charge in [0, 0.05) is 12.6 Å². The minimum absolute atomic E-state index is 0.497. The van der Waals surface area contributed by atoms with E-state index in [-0.39, 0.29) is 0 Å². The molecule has 0 fully saturated rings. The van der Waals surface area contributed by atoms with Crippen LogP contribution in [-0.4, -0.2) is 23.1 Å². The van der Waals surface area contributed by atoms with Crippen molar-refractivity contribution in [3.05, 3.63) is 0 Å². The summed E-state index contributed by atoms with van der Waals surface area (Å²) in [6.07, 6.45) is 6.11. The second kappa shape index (κ2) is 6.73. The lowest BCUT2D eigenvalue weighted by molar-refractivity contribution is 0.228. The molecule has 0 radical (unpaired) electrons. The standard InChI is InChI=1S/C12H27NS/c1-7-9-12(4,5)10-11(3)13(8-2)14-6/h11H,7-10H2,1-6H3. The molecule has 86 valence electrons. The summed E-state index contributed by atoms with van der Waals surface area (Å²) < 4.78 is 2.47. The fourth-order valence-electron chi connectivity index (χ4n) is 2.30. The molecule has 0 spiro atoms. The van der Waals surface area contributed by atoms with E-state index < -0.39 is 0 Å². The summed E-state index contributed by atoms with van der Waals surface area (Å²) in [5.41, 5.74) is 0.497. The van der Waals surface area contributed by atoms with Crippen LogP contribution in [0.1, 0.15) is 53.9 Å². The van der Waals surface area contributed by atoms with Crippen LogP contribution in [-0.2, 0) is 0 Å². The summed E-state index contributed by atoms with van der Waals surface area (Å²) in [6, 6.07) is 0.691. The zero-order valence-corrected chi connectivity index (χ0v) is 11.6. The lowest BCUT2D eigenvalue weighted by Gasteiger charge is -2.33. The van der Waals surface area contributed by atoms with E-state index in [9.17, 15) is 0 Å². The molecular weight excluding hydrogens is 190 g/mol. The van der Waals surface area contributed by atoms with Crippen molar-refractivity contribution in [2.45, 2.75) is 59.9 Å². The van der Waals surface area contributed by atoms with Crippen LogP contribution in [0.15, 0.2) is 0 Å². The largest absolute Gasteiger partial charge is 0.248 e. The molecule has 0 amide bonds.